The van der Waals surface area contributed by atoms with Crippen molar-refractivity contribution in [2.24, 2.45) is 0 Å². The zero-order chi connectivity index (χ0) is 12.5. The van der Waals surface area contributed by atoms with Gasteiger partial charge in [0, 0.05) is 5.39 Å². The SMILES string of the molecule is Cc1cc(-c2cccc(Cl)n2)nc2ccccc12. The van der Waals surface area contributed by atoms with E-state index in [1.165, 1.54) is 10.9 Å². The van der Waals surface area contributed by atoms with Gasteiger partial charge in [-0.3, -0.25) is 0 Å². The number of hydrogen-bond acceptors (Lipinski definition) is 2. The maximum atomic E-state index is 5.91. The van der Waals surface area contributed by atoms with E-state index in [9.17, 15) is 0 Å². The monoisotopic (exact) mass is 254 g/mol. The van der Waals surface area contributed by atoms with Gasteiger partial charge >= 0.3 is 0 Å². The zero-order valence-electron chi connectivity index (χ0n) is 9.89. The fourth-order valence-corrected chi connectivity index (χ4v) is 2.20. The molecule has 88 valence electrons. The standard InChI is InChI=1S/C15H11ClN2/c1-10-9-14(13-7-4-8-15(16)18-13)17-12-6-3-2-5-11(10)12/h2-9H,1H3. The lowest BCUT2D eigenvalue weighted by atomic mass is 10.1. The van der Waals surface area contributed by atoms with E-state index in [-0.39, 0.29) is 0 Å². The highest BCUT2D eigenvalue weighted by Gasteiger charge is 2.05. The molecule has 0 aliphatic rings. The molecule has 0 N–H and O–H groups in total. The molecule has 3 aromatic rings. The molecule has 2 heterocycles. The fraction of sp³-hybridized carbons (Fsp3) is 0.0667. The second-order valence-electron chi connectivity index (χ2n) is 4.19. The van der Waals surface area contributed by atoms with Gasteiger partial charge in [-0.2, -0.15) is 0 Å². The molecule has 0 aliphatic carbocycles. The van der Waals surface area contributed by atoms with E-state index in [0.29, 0.717) is 5.15 Å². The molecule has 0 unspecified atom stereocenters. The number of aromatic nitrogens is 2. The van der Waals surface area contributed by atoms with Gasteiger partial charge in [-0.1, -0.05) is 35.9 Å². The van der Waals surface area contributed by atoms with Gasteiger partial charge in [-0.25, -0.2) is 9.97 Å². The normalized spacial score (nSPS) is 10.8. The molecule has 0 aliphatic heterocycles. The molecule has 0 bridgehead atoms. The molecule has 18 heavy (non-hydrogen) atoms. The highest BCUT2D eigenvalue weighted by molar-refractivity contribution is 6.29. The fourth-order valence-electron chi connectivity index (χ4n) is 2.03. The van der Waals surface area contributed by atoms with Gasteiger partial charge in [0.05, 0.1) is 16.9 Å². The molecule has 0 saturated heterocycles. The van der Waals surface area contributed by atoms with Crippen LogP contribution in [-0.2, 0) is 0 Å². The number of halogens is 1. The highest BCUT2D eigenvalue weighted by Crippen LogP contribution is 2.23. The van der Waals surface area contributed by atoms with Crippen molar-refractivity contribution in [1.82, 2.24) is 9.97 Å². The molecule has 2 nitrogen and oxygen atoms in total. The molecule has 0 amide bonds. The number of fused-ring (bicyclic) bond motifs is 1. The summed E-state index contributed by atoms with van der Waals surface area (Å²) in [5.41, 5.74) is 3.83. The third kappa shape index (κ3) is 1.95. The lowest BCUT2D eigenvalue weighted by Gasteiger charge is -2.06. The first kappa shape index (κ1) is 11.2. The predicted molar refractivity (Wildman–Crippen MR) is 74.7 cm³/mol. The topological polar surface area (TPSA) is 25.8 Å². The van der Waals surface area contributed by atoms with Gasteiger partial charge in [0.25, 0.3) is 0 Å². The summed E-state index contributed by atoms with van der Waals surface area (Å²) < 4.78 is 0. The van der Waals surface area contributed by atoms with Crippen LogP contribution in [0.5, 0.6) is 0 Å². The number of para-hydroxylation sites is 1. The Morgan fingerprint density at radius 3 is 2.56 bits per heavy atom. The van der Waals surface area contributed by atoms with Crippen LogP contribution < -0.4 is 0 Å². The van der Waals surface area contributed by atoms with Crippen molar-refractivity contribution in [3.05, 3.63) is 59.2 Å². The molecule has 0 saturated carbocycles. The minimum Gasteiger partial charge on any atom is -0.246 e. The summed E-state index contributed by atoms with van der Waals surface area (Å²) in [7, 11) is 0. The first-order valence-corrected chi connectivity index (χ1v) is 6.11. The third-order valence-corrected chi connectivity index (χ3v) is 3.11. The molecule has 3 heteroatoms. The van der Waals surface area contributed by atoms with E-state index in [2.05, 4.69) is 23.0 Å². The average Bonchev–Trinajstić information content (AvgIpc) is 2.39. The molecule has 0 spiro atoms. The van der Waals surface area contributed by atoms with Gasteiger partial charge in [-0.15, -0.1) is 0 Å². The molecule has 0 radical (unpaired) electrons. The Morgan fingerprint density at radius 1 is 0.889 bits per heavy atom. The third-order valence-electron chi connectivity index (χ3n) is 2.90. The van der Waals surface area contributed by atoms with Crippen LogP contribution in [0.1, 0.15) is 5.56 Å². The molecule has 0 atom stereocenters. The van der Waals surface area contributed by atoms with Crippen LogP contribution in [-0.4, -0.2) is 9.97 Å². The van der Waals surface area contributed by atoms with Gasteiger partial charge < -0.3 is 0 Å². The van der Waals surface area contributed by atoms with Crippen molar-refractivity contribution in [3.8, 4) is 11.4 Å². The van der Waals surface area contributed by atoms with Gasteiger partial charge in [0.1, 0.15) is 5.15 Å². The zero-order valence-corrected chi connectivity index (χ0v) is 10.6. The minimum atomic E-state index is 0.486. The average molecular weight is 255 g/mol. The summed E-state index contributed by atoms with van der Waals surface area (Å²) >= 11 is 5.91. The smallest absolute Gasteiger partial charge is 0.129 e. The number of pyridine rings is 2. The second-order valence-corrected chi connectivity index (χ2v) is 4.57. The summed E-state index contributed by atoms with van der Waals surface area (Å²) in [5.74, 6) is 0. The molecular formula is C15H11ClN2. The summed E-state index contributed by atoms with van der Waals surface area (Å²) in [6.07, 6.45) is 0. The van der Waals surface area contributed by atoms with Crippen LogP contribution in [0.2, 0.25) is 5.15 Å². The molecule has 0 fully saturated rings. The highest BCUT2D eigenvalue weighted by atomic mass is 35.5. The van der Waals surface area contributed by atoms with Crippen LogP contribution >= 0.6 is 11.6 Å². The lowest BCUT2D eigenvalue weighted by molar-refractivity contribution is 1.26. The van der Waals surface area contributed by atoms with Gasteiger partial charge in [0.15, 0.2) is 0 Å². The molecule has 2 aromatic heterocycles. The largest absolute Gasteiger partial charge is 0.246 e. The number of aryl methyl sites for hydroxylation is 1. The van der Waals surface area contributed by atoms with Crippen LogP contribution in [0.25, 0.3) is 22.3 Å². The summed E-state index contributed by atoms with van der Waals surface area (Å²) in [6.45, 7) is 2.08. The first-order chi connectivity index (χ1) is 8.74. The van der Waals surface area contributed by atoms with E-state index in [1.54, 1.807) is 6.07 Å². The Morgan fingerprint density at radius 2 is 1.72 bits per heavy atom. The van der Waals surface area contributed by atoms with Crippen molar-refractivity contribution in [3.63, 3.8) is 0 Å². The molecule has 3 rings (SSSR count). The van der Waals surface area contributed by atoms with Crippen molar-refractivity contribution in [2.45, 2.75) is 6.92 Å². The Labute approximate surface area is 110 Å². The summed E-state index contributed by atoms with van der Waals surface area (Å²) in [5, 5.41) is 1.66. The van der Waals surface area contributed by atoms with E-state index in [1.807, 2.05) is 36.4 Å². The first-order valence-electron chi connectivity index (χ1n) is 5.73. The minimum absolute atomic E-state index is 0.486. The van der Waals surface area contributed by atoms with E-state index in [0.717, 1.165) is 16.9 Å². The van der Waals surface area contributed by atoms with Crippen molar-refractivity contribution in [1.29, 1.82) is 0 Å². The number of nitrogens with zero attached hydrogens (tertiary/aromatic N) is 2. The van der Waals surface area contributed by atoms with Gasteiger partial charge in [0.2, 0.25) is 0 Å². The van der Waals surface area contributed by atoms with E-state index < -0.39 is 0 Å². The summed E-state index contributed by atoms with van der Waals surface area (Å²) in [4.78, 5) is 8.92. The summed E-state index contributed by atoms with van der Waals surface area (Å²) in [6, 6.07) is 15.7. The Hall–Kier alpha value is -1.93. The maximum Gasteiger partial charge on any atom is 0.129 e. The van der Waals surface area contributed by atoms with E-state index >= 15 is 0 Å². The number of benzene rings is 1. The van der Waals surface area contributed by atoms with Crippen molar-refractivity contribution in [2.75, 3.05) is 0 Å². The van der Waals surface area contributed by atoms with Crippen molar-refractivity contribution >= 4 is 22.5 Å². The second kappa shape index (κ2) is 4.39. The van der Waals surface area contributed by atoms with E-state index in [4.69, 9.17) is 11.6 Å². The number of rotatable bonds is 1. The number of hydrogen-bond donors (Lipinski definition) is 0. The lowest BCUT2D eigenvalue weighted by Crippen LogP contribution is -1.91. The predicted octanol–water partition coefficient (Wildman–Crippen LogP) is 4.26. The molecular weight excluding hydrogens is 244 g/mol. The maximum absolute atomic E-state index is 5.91. The Balaban J connectivity index is 2.24. The Kier molecular flexibility index (Phi) is 2.73. The molecule has 1 aromatic carbocycles. The van der Waals surface area contributed by atoms with Crippen LogP contribution in [0.15, 0.2) is 48.5 Å². The Bertz CT molecular complexity index is 723. The van der Waals surface area contributed by atoms with Crippen molar-refractivity contribution < 1.29 is 0 Å². The van der Waals surface area contributed by atoms with Crippen LogP contribution in [0.4, 0.5) is 0 Å². The van der Waals surface area contributed by atoms with Crippen LogP contribution in [0.3, 0.4) is 0 Å². The van der Waals surface area contributed by atoms with Crippen LogP contribution in [0, 0.1) is 6.92 Å². The van der Waals surface area contributed by atoms with Gasteiger partial charge in [-0.05, 0) is 36.8 Å². The quantitative estimate of drug-likeness (QED) is 0.607.